The van der Waals surface area contributed by atoms with Crippen molar-refractivity contribution in [2.45, 2.75) is 57.7 Å². The molecule has 0 aromatic rings. The van der Waals surface area contributed by atoms with Gasteiger partial charge in [-0.05, 0) is 37.4 Å². The predicted octanol–water partition coefficient (Wildman–Crippen LogP) is 2.71. The van der Waals surface area contributed by atoms with Crippen molar-refractivity contribution in [1.82, 2.24) is 10.6 Å². The van der Waals surface area contributed by atoms with Crippen molar-refractivity contribution in [2.24, 2.45) is 11.8 Å². The summed E-state index contributed by atoms with van der Waals surface area (Å²) in [7, 11) is 0. The topological polar surface area (TPSA) is 78.4 Å². The van der Waals surface area contributed by atoms with Crippen LogP contribution in [0.2, 0.25) is 0 Å². The Bertz CT molecular complexity index is 350. The van der Waals surface area contributed by atoms with E-state index in [1.165, 1.54) is 0 Å². The number of nitrogens with one attached hydrogen (secondary N) is 2. The van der Waals surface area contributed by atoms with E-state index < -0.39 is 11.9 Å². The number of carboxylic acid groups (broad SMARTS) is 1. The molecule has 0 saturated heterocycles. The summed E-state index contributed by atoms with van der Waals surface area (Å²) in [6.07, 6.45) is 3.75. The highest BCUT2D eigenvalue weighted by Gasteiger charge is 2.26. The Morgan fingerprint density at radius 2 is 2.05 bits per heavy atom. The maximum Gasteiger partial charge on any atom is 0.315 e. The Morgan fingerprint density at radius 3 is 2.62 bits per heavy atom. The lowest BCUT2D eigenvalue weighted by atomic mass is 9.97. The SMILES string of the molecule is CCSC1CCC(NC(=O)NCC(CC(C)C)C(=O)O)C1. The molecule has 1 aliphatic rings. The second kappa shape index (κ2) is 9.18. The first-order chi connectivity index (χ1) is 9.92. The number of carboxylic acids is 1. The Hall–Kier alpha value is -0.910. The Kier molecular flexibility index (Phi) is 7.93. The summed E-state index contributed by atoms with van der Waals surface area (Å²) < 4.78 is 0. The van der Waals surface area contributed by atoms with Crippen LogP contribution >= 0.6 is 11.8 Å². The summed E-state index contributed by atoms with van der Waals surface area (Å²) in [5.74, 6) is 0.0589. The van der Waals surface area contributed by atoms with E-state index >= 15 is 0 Å². The molecule has 3 unspecified atom stereocenters. The number of carbonyl (C=O) groups excluding carboxylic acids is 1. The van der Waals surface area contributed by atoms with Gasteiger partial charge in [0, 0.05) is 17.8 Å². The molecule has 0 bridgehead atoms. The number of rotatable bonds is 8. The number of aliphatic carboxylic acids is 1. The van der Waals surface area contributed by atoms with Gasteiger partial charge in [-0.25, -0.2) is 4.79 Å². The molecular weight excluding hydrogens is 288 g/mol. The monoisotopic (exact) mass is 316 g/mol. The molecule has 0 spiro atoms. The summed E-state index contributed by atoms with van der Waals surface area (Å²) in [5, 5.41) is 15.4. The third-order valence-corrected chi connectivity index (χ3v) is 4.97. The van der Waals surface area contributed by atoms with E-state index in [0.717, 1.165) is 25.0 Å². The van der Waals surface area contributed by atoms with Crippen molar-refractivity contribution in [3.63, 3.8) is 0 Å². The molecule has 1 saturated carbocycles. The molecule has 1 aliphatic carbocycles. The Morgan fingerprint density at radius 1 is 1.33 bits per heavy atom. The van der Waals surface area contributed by atoms with Crippen LogP contribution in [-0.4, -0.2) is 40.7 Å². The van der Waals surface area contributed by atoms with E-state index in [1.807, 2.05) is 25.6 Å². The standard InChI is InChI=1S/C15H28N2O3S/c1-4-21-13-6-5-12(8-13)17-15(20)16-9-11(14(18)19)7-10(2)3/h10-13H,4-9H2,1-3H3,(H,18,19)(H2,16,17,20). The fourth-order valence-electron chi connectivity index (χ4n) is 2.75. The van der Waals surface area contributed by atoms with Crippen LogP contribution in [-0.2, 0) is 4.79 Å². The van der Waals surface area contributed by atoms with Crippen molar-refractivity contribution < 1.29 is 14.7 Å². The Labute approximate surface area is 131 Å². The van der Waals surface area contributed by atoms with Crippen molar-refractivity contribution in [2.75, 3.05) is 12.3 Å². The normalized spacial score (nSPS) is 23.0. The quantitative estimate of drug-likeness (QED) is 0.643. The maximum atomic E-state index is 11.9. The molecule has 0 aromatic heterocycles. The zero-order valence-electron chi connectivity index (χ0n) is 13.2. The molecule has 0 aliphatic heterocycles. The van der Waals surface area contributed by atoms with Gasteiger partial charge in [0.05, 0.1) is 5.92 Å². The number of carbonyl (C=O) groups is 2. The summed E-state index contributed by atoms with van der Waals surface area (Å²) in [6, 6.07) is -0.0143. The molecular formula is C15H28N2O3S. The molecule has 2 amide bonds. The lowest BCUT2D eigenvalue weighted by Crippen LogP contribution is -2.44. The van der Waals surface area contributed by atoms with Crippen molar-refractivity contribution in [3.8, 4) is 0 Å². The first-order valence-corrected chi connectivity index (χ1v) is 8.86. The van der Waals surface area contributed by atoms with Gasteiger partial charge in [0.25, 0.3) is 0 Å². The third kappa shape index (κ3) is 7.07. The van der Waals surface area contributed by atoms with Gasteiger partial charge in [0.1, 0.15) is 0 Å². The van der Waals surface area contributed by atoms with Crippen molar-refractivity contribution in [3.05, 3.63) is 0 Å². The van der Waals surface area contributed by atoms with Crippen LogP contribution < -0.4 is 10.6 Å². The summed E-state index contributed by atoms with van der Waals surface area (Å²) in [6.45, 7) is 6.32. The van der Waals surface area contributed by atoms with Gasteiger partial charge in [0.15, 0.2) is 0 Å². The number of urea groups is 1. The highest BCUT2D eigenvalue weighted by atomic mass is 32.2. The second-order valence-corrected chi connectivity index (χ2v) is 7.68. The number of amides is 2. The van der Waals surface area contributed by atoms with Crippen molar-refractivity contribution >= 4 is 23.8 Å². The molecule has 0 heterocycles. The minimum atomic E-state index is -0.843. The first-order valence-electron chi connectivity index (χ1n) is 7.81. The van der Waals surface area contributed by atoms with Gasteiger partial charge in [-0.2, -0.15) is 11.8 Å². The average molecular weight is 316 g/mol. The molecule has 0 aromatic carbocycles. The fraction of sp³-hybridized carbons (Fsp3) is 0.867. The lowest BCUT2D eigenvalue weighted by molar-refractivity contribution is -0.142. The van der Waals surface area contributed by atoms with Crippen LogP contribution in [0.25, 0.3) is 0 Å². The molecule has 3 atom stereocenters. The summed E-state index contributed by atoms with van der Waals surface area (Å²) in [5.41, 5.74) is 0. The van der Waals surface area contributed by atoms with Crippen LogP contribution in [0.3, 0.4) is 0 Å². The molecule has 1 rings (SSSR count). The molecule has 5 nitrogen and oxygen atoms in total. The van der Waals surface area contributed by atoms with E-state index in [-0.39, 0.29) is 18.6 Å². The number of thioether (sulfide) groups is 1. The van der Waals surface area contributed by atoms with E-state index in [0.29, 0.717) is 17.6 Å². The van der Waals surface area contributed by atoms with Crippen LogP contribution in [0.1, 0.15) is 46.5 Å². The second-order valence-electron chi connectivity index (χ2n) is 6.11. The predicted molar refractivity (Wildman–Crippen MR) is 86.7 cm³/mol. The van der Waals surface area contributed by atoms with Crippen LogP contribution in [0.15, 0.2) is 0 Å². The van der Waals surface area contributed by atoms with Crippen LogP contribution in [0, 0.1) is 11.8 Å². The molecule has 21 heavy (non-hydrogen) atoms. The largest absolute Gasteiger partial charge is 0.481 e. The van der Waals surface area contributed by atoms with E-state index in [9.17, 15) is 9.59 Å². The zero-order chi connectivity index (χ0) is 15.8. The van der Waals surface area contributed by atoms with E-state index in [4.69, 9.17) is 5.11 Å². The van der Waals surface area contributed by atoms with Crippen molar-refractivity contribution in [1.29, 1.82) is 0 Å². The van der Waals surface area contributed by atoms with Crippen LogP contribution in [0.5, 0.6) is 0 Å². The maximum absolute atomic E-state index is 11.9. The van der Waals surface area contributed by atoms with Gasteiger partial charge < -0.3 is 15.7 Å². The van der Waals surface area contributed by atoms with Gasteiger partial charge in [-0.15, -0.1) is 0 Å². The molecule has 0 radical (unpaired) electrons. The van der Waals surface area contributed by atoms with E-state index in [2.05, 4.69) is 17.6 Å². The van der Waals surface area contributed by atoms with Gasteiger partial charge in [-0.1, -0.05) is 20.8 Å². The first kappa shape index (κ1) is 18.1. The molecule has 1 fully saturated rings. The minimum Gasteiger partial charge on any atom is -0.481 e. The molecule has 3 N–H and O–H groups in total. The van der Waals surface area contributed by atoms with E-state index in [1.54, 1.807) is 0 Å². The smallest absolute Gasteiger partial charge is 0.315 e. The Balaban J connectivity index is 2.28. The van der Waals surface area contributed by atoms with Gasteiger partial charge in [0.2, 0.25) is 0 Å². The molecule has 6 heteroatoms. The molecule has 122 valence electrons. The minimum absolute atomic E-state index is 0.194. The average Bonchev–Trinajstić information content (AvgIpc) is 2.81. The van der Waals surface area contributed by atoms with Gasteiger partial charge in [-0.3, -0.25) is 4.79 Å². The fourth-order valence-corrected chi connectivity index (χ4v) is 3.89. The van der Waals surface area contributed by atoms with Crippen LogP contribution in [0.4, 0.5) is 4.79 Å². The number of hydrogen-bond acceptors (Lipinski definition) is 3. The zero-order valence-corrected chi connectivity index (χ0v) is 14.0. The summed E-state index contributed by atoms with van der Waals surface area (Å²) in [4.78, 5) is 23.0. The summed E-state index contributed by atoms with van der Waals surface area (Å²) >= 11 is 1.95. The number of hydrogen-bond donors (Lipinski definition) is 3. The highest BCUT2D eigenvalue weighted by molar-refractivity contribution is 7.99. The highest BCUT2D eigenvalue weighted by Crippen LogP contribution is 2.29. The lowest BCUT2D eigenvalue weighted by Gasteiger charge is -2.17. The third-order valence-electron chi connectivity index (χ3n) is 3.74. The van der Waals surface area contributed by atoms with Gasteiger partial charge >= 0.3 is 12.0 Å².